The molecule has 0 saturated carbocycles. The summed E-state index contributed by atoms with van der Waals surface area (Å²) in [6.07, 6.45) is 0. The van der Waals surface area contributed by atoms with E-state index in [1.807, 2.05) is 24.3 Å². The van der Waals surface area contributed by atoms with Gasteiger partial charge < -0.3 is 16.3 Å². The van der Waals surface area contributed by atoms with Gasteiger partial charge in [-0.05, 0) is 24.0 Å². The zero-order valence-electron chi connectivity index (χ0n) is 11.6. The third-order valence-corrected chi connectivity index (χ3v) is 3.24. The molecule has 0 heterocycles. The zero-order chi connectivity index (χ0) is 13.8. The van der Waals surface area contributed by atoms with Crippen LogP contribution < -0.4 is 11.1 Å². The first kappa shape index (κ1) is 14.5. The van der Waals surface area contributed by atoms with Gasteiger partial charge in [0.15, 0.2) is 5.84 Å². The second-order valence-corrected chi connectivity index (χ2v) is 5.65. The van der Waals surface area contributed by atoms with Gasteiger partial charge in [0.05, 0.1) is 0 Å². The number of nitrogens with one attached hydrogen (secondary N) is 1. The molecule has 0 aromatic heterocycles. The number of rotatable bonds is 4. The van der Waals surface area contributed by atoms with Crippen molar-refractivity contribution >= 4 is 5.84 Å². The summed E-state index contributed by atoms with van der Waals surface area (Å²) in [7, 11) is 0. The van der Waals surface area contributed by atoms with Crippen LogP contribution in [0.25, 0.3) is 0 Å². The predicted octanol–water partition coefficient (Wildman–Crippen LogP) is 2.31. The topological polar surface area (TPSA) is 70.6 Å². The normalized spacial score (nSPS) is 14.6. The van der Waals surface area contributed by atoms with E-state index in [1.165, 1.54) is 0 Å². The second kappa shape index (κ2) is 5.87. The third kappa shape index (κ3) is 4.04. The van der Waals surface area contributed by atoms with Crippen LogP contribution >= 0.6 is 0 Å². The molecule has 1 atom stereocenters. The Morgan fingerprint density at radius 2 is 2.11 bits per heavy atom. The van der Waals surface area contributed by atoms with E-state index in [9.17, 15) is 0 Å². The van der Waals surface area contributed by atoms with E-state index in [0.717, 1.165) is 17.7 Å². The fraction of sp³-hybridized carbons (Fsp3) is 0.500. The highest BCUT2D eigenvalue weighted by molar-refractivity contribution is 5.97. The number of amidine groups is 1. The average molecular weight is 249 g/mol. The van der Waals surface area contributed by atoms with Crippen molar-refractivity contribution in [2.45, 2.75) is 40.3 Å². The average Bonchev–Trinajstić information content (AvgIpc) is 2.34. The molecule has 1 aromatic rings. The van der Waals surface area contributed by atoms with E-state index < -0.39 is 0 Å². The Morgan fingerprint density at radius 1 is 1.44 bits per heavy atom. The summed E-state index contributed by atoms with van der Waals surface area (Å²) < 4.78 is 0. The van der Waals surface area contributed by atoms with Gasteiger partial charge in [0, 0.05) is 18.2 Å². The summed E-state index contributed by atoms with van der Waals surface area (Å²) >= 11 is 0. The molecule has 4 N–H and O–H groups in total. The van der Waals surface area contributed by atoms with Crippen molar-refractivity contribution < 1.29 is 5.21 Å². The molecule has 4 heteroatoms. The molecule has 0 fully saturated rings. The standard InChI is InChI=1S/C14H23N3O/c1-10(14(2,3)4)16-9-11-6-5-7-12(8-11)13(15)17-18/h5-8,10,16,18H,9H2,1-4H3,(H2,15,17). The van der Waals surface area contributed by atoms with Crippen molar-refractivity contribution in [2.75, 3.05) is 0 Å². The van der Waals surface area contributed by atoms with E-state index in [-0.39, 0.29) is 11.3 Å². The Bertz CT molecular complexity index is 421. The van der Waals surface area contributed by atoms with Crippen molar-refractivity contribution in [3.05, 3.63) is 35.4 Å². The molecule has 0 aliphatic rings. The lowest BCUT2D eigenvalue weighted by Gasteiger charge is -2.28. The van der Waals surface area contributed by atoms with Gasteiger partial charge in [-0.25, -0.2) is 0 Å². The lowest BCUT2D eigenvalue weighted by Crippen LogP contribution is -2.37. The van der Waals surface area contributed by atoms with Gasteiger partial charge in [-0.1, -0.05) is 44.1 Å². The Hall–Kier alpha value is -1.55. The molecule has 0 spiro atoms. The van der Waals surface area contributed by atoms with Gasteiger partial charge in [-0.3, -0.25) is 0 Å². The molecular weight excluding hydrogens is 226 g/mol. The number of hydrogen-bond donors (Lipinski definition) is 3. The molecular formula is C14H23N3O. The fourth-order valence-corrected chi connectivity index (χ4v) is 1.48. The molecule has 0 radical (unpaired) electrons. The quantitative estimate of drug-likeness (QED) is 0.332. The number of nitrogens with zero attached hydrogens (tertiary/aromatic N) is 1. The zero-order valence-corrected chi connectivity index (χ0v) is 11.6. The molecule has 100 valence electrons. The highest BCUT2D eigenvalue weighted by Crippen LogP contribution is 2.19. The molecule has 0 aliphatic heterocycles. The predicted molar refractivity (Wildman–Crippen MR) is 74.7 cm³/mol. The van der Waals surface area contributed by atoms with Crippen LogP contribution in [0, 0.1) is 5.41 Å². The molecule has 0 aliphatic carbocycles. The van der Waals surface area contributed by atoms with Crippen LogP contribution in [0.1, 0.15) is 38.8 Å². The first-order valence-electron chi connectivity index (χ1n) is 6.15. The van der Waals surface area contributed by atoms with Crippen LogP contribution in [0.2, 0.25) is 0 Å². The van der Waals surface area contributed by atoms with Crippen molar-refractivity contribution in [3.63, 3.8) is 0 Å². The minimum Gasteiger partial charge on any atom is -0.409 e. The summed E-state index contributed by atoms with van der Waals surface area (Å²) in [6, 6.07) is 8.09. The van der Waals surface area contributed by atoms with Gasteiger partial charge in [0.2, 0.25) is 0 Å². The van der Waals surface area contributed by atoms with Gasteiger partial charge in [-0.2, -0.15) is 0 Å². The van der Waals surface area contributed by atoms with E-state index >= 15 is 0 Å². The van der Waals surface area contributed by atoms with Crippen LogP contribution in [0.3, 0.4) is 0 Å². The van der Waals surface area contributed by atoms with Gasteiger partial charge in [0.1, 0.15) is 0 Å². The van der Waals surface area contributed by atoms with E-state index in [0.29, 0.717) is 6.04 Å². The molecule has 18 heavy (non-hydrogen) atoms. The summed E-state index contributed by atoms with van der Waals surface area (Å²) in [5, 5.41) is 15.1. The highest BCUT2D eigenvalue weighted by atomic mass is 16.4. The summed E-state index contributed by atoms with van der Waals surface area (Å²) in [4.78, 5) is 0. The van der Waals surface area contributed by atoms with Gasteiger partial charge in [0.25, 0.3) is 0 Å². The van der Waals surface area contributed by atoms with Gasteiger partial charge in [-0.15, -0.1) is 0 Å². The van der Waals surface area contributed by atoms with Crippen molar-refractivity contribution in [2.24, 2.45) is 16.3 Å². The minimum atomic E-state index is 0.140. The highest BCUT2D eigenvalue weighted by Gasteiger charge is 2.18. The number of benzene rings is 1. The number of nitrogens with two attached hydrogens (primary N) is 1. The Kier molecular flexibility index (Phi) is 4.73. The van der Waals surface area contributed by atoms with Crippen molar-refractivity contribution in [1.29, 1.82) is 0 Å². The van der Waals surface area contributed by atoms with Crippen molar-refractivity contribution in [3.8, 4) is 0 Å². The van der Waals surface area contributed by atoms with Crippen LogP contribution in [-0.2, 0) is 6.54 Å². The maximum absolute atomic E-state index is 8.65. The smallest absolute Gasteiger partial charge is 0.170 e. The lowest BCUT2D eigenvalue weighted by atomic mass is 9.88. The fourth-order valence-electron chi connectivity index (χ4n) is 1.48. The summed E-state index contributed by atoms with van der Waals surface area (Å²) in [5.41, 5.74) is 7.65. The molecule has 0 saturated heterocycles. The second-order valence-electron chi connectivity index (χ2n) is 5.65. The summed E-state index contributed by atoms with van der Waals surface area (Å²) in [6.45, 7) is 9.56. The molecule has 4 nitrogen and oxygen atoms in total. The first-order chi connectivity index (χ1) is 8.34. The largest absolute Gasteiger partial charge is 0.409 e. The van der Waals surface area contributed by atoms with Crippen LogP contribution in [0.15, 0.2) is 29.4 Å². The van der Waals surface area contributed by atoms with Crippen LogP contribution in [-0.4, -0.2) is 17.1 Å². The maximum Gasteiger partial charge on any atom is 0.170 e. The molecule has 1 unspecified atom stereocenters. The SMILES string of the molecule is CC(NCc1cccc(/C(N)=N/O)c1)C(C)(C)C. The number of hydrogen-bond acceptors (Lipinski definition) is 3. The third-order valence-electron chi connectivity index (χ3n) is 3.24. The van der Waals surface area contributed by atoms with E-state index in [4.69, 9.17) is 10.9 Å². The van der Waals surface area contributed by atoms with Crippen LogP contribution in [0.5, 0.6) is 0 Å². The Labute approximate surface area is 109 Å². The molecule has 1 aromatic carbocycles. The number of oxime groups is 1. The van der Waals surface area contributed by atoms with Crippen LogP contribution in [0.4, 0.5) is 0 Å². The first-order valence-corrected chi connectivity index (χ1v) is 6.15. The van der Waals surface area contributed by atoms with Crippen molar-refractivity contribution in [1.82, 2.24) is 5.32 Å². The molecule has 1 rings (SSSR count). The minimum absolute atomic E-state index is 0.140. The Balaban J connectivity index is 2.69. The van der Waals surface area contributed by atoms with E-state index in [1.54, 1.807) is 0 Å². The summed E-state index contributed by atoms with van der Waals surface area (Å²) in [5.74, 6) is 0.140. The Morgan fingerprint density at radius 3 is 2.67 bits per heavy atom. The molecule has 0 bridgehead atoms. The van der Waals surface area contributed by atoms with E-state index in [2.05, 4.69) is 38.2 Å². The lowest BCUT2D eigenvalue weighted by molar-refractivity contribution is 0.285. The monoisotopic (exact) mass is 249 g/mol. The maximum atomic E-state index is 8.65. The van der Waals surface area contributed by atoms with Gasteiger partial charge >= 0.3 is 0 Å². The molecule has 0 amide bonds.